The zero-order valence-corrected chi connectivity index (χ0v) is 15.0. The van der Waals surface area contributed by atoms with Gasteiger partial charge < -0.3 is 20.1 Å². The molecule has 2 amide bonds. The second kappa shape index (κ2) is 9.66. The molecule has 2 N–H and O–H groups in total. The molecule has 0 spiro atoms. The summed E-state index contributed by atoms with van der Waals surface area (Å²) in [6.45, 7) is 2.58. The topological polar surface area (TPSA) is 59.6 Å². The van der Waals surface area contributed by atoms with Crippen molar-refractivity contribution in [3.8, 4) is 5.75 Å². The van der Waals surface area contributed by atoms with Crippen LogP contribution in [-0.2, 0) is 17.6 Å². The molecule has 2 aliphatic rings. The number of urea groups is 1. The van der Waals surface area contributed by atoms with Crippen LogP contribution in [0.3, 0.4) is 0 Å². The zero-order chi connectivity index (χ0) is 17.3. The minimum atomic E-state index is -0.117. The van der Waals surface area contributed by atoms with E-state index < -0.39 is 0 Å². The summed E-state index contributed by atoms with van der Waals surface area (Å²) in [6.07, 6.45) is 9.74. The molecule has 0 atom stereocenters. The van der Waals surface area contributed by atoms with Gasteiger partial charge in [-0.25, -0.2) is 4.79 Å². The molecule has 0 aromatic heterocycles. The Balaban J connectivity index is 1.25. The molecular weight excluding hydrogens is 316 g/mol. The van der Waals surface area contributed by atoms with Gasteiger partial charge in [0.25, 0.3) is 0 Å². The van der Waals surface area contributed by atoms with Crippen LogP contribution in [0.2, 0.25) is 0 Å². The van der Waals surface area contributed by atoms with Gasteiger partial charge >= 0.3 is 6.03 Å². The number of ether oxygens (including phenoxy) is 2. The maximum Gasteiger partial charge on any atom is 0.314 e. The lowest BCUT2D eigenvalue weighted by atomic mass is 10.1. The van der Waals surface area contributed by atoms with Gasteiger partial charge in [-0.15, -0.1) is 0 Å². The Morgan fingerprint density at radius 2 is 1.92 bits per heavy atom. The molecule has 0 saturated heterocycles. The lowest BCUT2D eigenvalue weighted by Crippen LogP contribution is -2.38. The van der Waals surface area contributed by atoms with Crippen LogP contribution in [0, 0.1) is 0 Å². The van der Waals surface area contributed by atoms with Crippen LogP contribution in [0.1, 0.15) is 49.7 Å². The summed E-state index contributed by atoms with van der Waals surface area (Å²) in [5.41, 5.74) is 2.51. The molecule has 0 unspecified atom stereocenters. The quantitative estimate of drug-likeness (QED) is 0.589. The highest BCUT2D eigenvalue weighted by atomic mass is 16.5. The summed E-state index contributed by atoms with van der Waals surface area (Å²) in [6, 6.07) is 6.17. The van der Waals surface area contributed by atoms with Crippen LogP contribution in [0.4, 0.5) is 4.79 Å². The first-order valence-electron chi connectivity index (χ1n) is 9.69. The number of hydrogen-bond donors (Lipinski definition) is 2. The Bertz CT molecular complexity index is 554. The number of rotatable bonds is 7. The molecule has 1 aromatic rings. The molecule has 3 rings (SSSR count). The maximum absolute atomic E-state index is 11.8. The number of amides is 2. The van der Waals surface area contributed by atoms with E-state index in [4.69, 9.17) is 9.47 Å². The zero-order valence-electron chi connectivity index (χ0n) is 15.0. The summed E-state index contributed by atoms with van der Waals surface area (Å²) in [5, 5.41) is 5.78. The van der Waals surface area contributed by atoms with E-state index in [0.29, 0.717) is 25.8 Å². The van der Waals surface area contributed by atoms with Crippen molar-refractivity contribution in [3.63, 3.8) is 0 Å². The Morgan fingerprint density at radius 3 is 2.76 bits per heavy atom. The highest BCUT2D eigenvalue weighted by Crippen LogP contribution is 2.25. The summed E-state index contributed by atoms with van der Waals surface area (Å²) >= 11 is 0. The van der Waals surface area contributed by atoms with Crippen molar-refractivity contribution in [2.45, 2.75) is 57.5 Å². The Kier molecular flexibility index (Phi) is 6.98. The number of carbonyl (C=O) groups is 1. The van der Waals surface area contributed by atoms with Crippen molar-refractivity contribution in [1.82, 2.24) is 10.6 Å². The number of nitrogens with one attached hydrogen (secondary N) is 2. The minimum Gasteiger partial charge on any atom is -0.493 e. The van der Waals surface area contributed by atoms with E-state index in [9.17, 15) is 4.79 Å². The van der Waals surface area contributed by atoms with E-state index >= 15 is 0 Å². The average molecular weight is 346 g/mol. The van der Waals surface area contributed by atoms with Gasteiger partial charge in [0.15, 0.2) is 0 Å². The van der Waals surface area contributed by atoms with Crippen molar-refractivity contribution in [1.29, 1.82) is 0 Å². The second-order valence-corrected chi connectivity index (χ2v) is 6.96. The molecule has 25 heavy (non-hydrogen) atoms. The molecule has 1 saturated carbocycles. The SMILES string of the molecule is O=C(NCCOC1CCCCCC1)NCCc1ccc2c(c1)CCO2. The van der Waals surface area contributed by atoms with E-state index in [1.807, 2.05) is 6.07 Å². The van der Waals surface area contributed by atoms with Crippen molar-refractivity contribution in [2.75, 3.05) is 26.3 Å². The second-order valence-electron chi connectivity index (χ2n) is 6.96. The lowest BCUT2D eigenvalue weighted by Gasteiger charge is -2.15. The van der Waals surface area contributed by atoms with Gasteiger partial charge in [-0.3, -0.25) is 0 Å². The van der Waals surface area contributed by atoms with Gasteiger partial charge in [-0.2, -0.15) is 0 Å². The fourth-order valence-corrected chi connectivity index (χ4v) is 3.58. The van der Waals surface area contributed by atoms with Crippen LogP contribution in [0.5, 0.6) is 5.75 Å². The van der Waals surface area contributed by atoms with Crippen LogP contribution >= 0.6 is 0 Å². The summed E-state index contributed by atoms with van der Waals surface area (Å²) < 4.78 is 11.4. The van der Waals surface area contributed by atoms with E-state index in [2.05, 4.69) is 22.8 Å². The average Bonchev–Trinajstić information content (AvgIpc) is 2.93. The van der Waals surface area contributed by atoms with Crippen molar-refractivity contribution in [3.05, 3.63) is 29.3 Å². The molecule has 0 radical (unpaired) electrons. The van der Waals surface area contributed by atoms with Crippen molar-refractivity contribution < 1.29 is 14.3 Å². The summed E-state index contributed by atoms with van der Waals surface area (Å²) in [4.78, 5) is 11.8. The van der Waals surface area contributed by atoms with Gasteiger partial charge in [0, 0.05) is 19.5 Å². The number of carbonyl (C=O) groups excluding carboxylic acids is 1. The number of benzene rings is 1. The molecule has 5 heteroatoms. The van der Waals surface area contributed by atoms with E-state index in [0.717, 1.165) is 38.0 Å². The largest absolute Gasteiger partial charge is 0.493 e. The molecule has 1 aliphatic carbocycles. The smallest absolute Gasteiger partial charge is 0.314 e. The van der Waals surface area contributed by atoms with Crippen molar-refractivity contribution in [2.24, 2.45) is 0 Å². The highest BCUT2D eigenvalue weighted by molar-refractivity contribution is 5.73. The van der Waals surface area contributed by atoms with E-state index in [-0.39, 0.29) is 6.03 Å². The molecule has 1 heterocycles. The number of hydrogen-bond acceptors (Lipinski definition) is 3. The Labute approximate surface area is 150 Å². The third kappa shape index (κ3) is 5.92. The minimum absolute atomic E-state index is 0.117. The van der Waals surface area contributed by atoms with Crippen molar-refractivity contribution >= 4 is 6.03 Å². The summed E-state index contributed by atoms with van der Waals surface area (Å²) in [7, 11) is 0. The number of fused-ring (bicyclic) bond motifs is 1. The fourth-order valence-electron chi connectivity index (χ4n) is 3.58. The Morgan fingerprint density at radius 1 is 1.12 bits per heavy atom. The molecule has 138 valence electrons. The van der Waals surface area contributed by atoms with Crippen LogP contribution in [-0.4, -0.2) is 38.4 Å². The molecule has 0 bridgehead atoms. The van der Waals surface area contributed by atoms with Gasteiger partial charge in [-0.1, -0.05) is 37.8 Å². The molecular formula is C20H30N2O3. The lowest BCUT2D eigenvalue weighted by molar-refractivity contribution is 0.0460. The third-order valence-corrected chi connectivity index (χ3v) is 5.00. The molecule has 1 aliphatic heterocycles. The van der Waals surface area contributed by atoms with Gasteiger partial charge in [0.05, 0.1) is 19.3 Å². The first-order valence-corrected chi connectivity index (χ1v) is 9.69. The van der Waals surface area contributed by atoms with Gasteiger partial charge in [-0.05, 0) is 36.5 Å². The molecule has 1 fully saturated rings. The first kappa shape index (κ1) is 18.1. The van der Waals surface area contributed by atoms with Crippen LogP contribution in [0.25, 0.3) is 0 Å². The van der Waals surface area contributed by atoms with Gasteiger partial charge in [0.1, 0.15) is 5.75 Å². The predicted octanol–water partition coefficient (Wildman–Crippen LogP) is 3.20. The summed E-state index contributed by atoms with van der Waals surface area (Å²) in [5.74, 6) is 1.00. The standard InChI is InChI=1S/C20H30N2O3/c23-20(22-12-14-24-18-5-3-1-2-4-6-18)21-11-9-16-7-8-19-17(15-16)10-13-25-19/h7-8,15,18H,1-6,9-14H2,(H2,21,22,23). The van der Waals surface area contributed by atoms with E-state index in [1.54, 1.807) is 0 Å². The van der Waals surface area contributed by atoms with E-state index in [1.165, 1.54) is 36.8 Å². The van der Waals surface area contributed by atoms with Crippen LogP contribution < -0.4 is 15.4 Å². The Hall–Kier alpha value is -1.75. The normalized spacial score (nSPS) is 17.4. The van der Waals surface area contributed by atoms with Gasteiger partial charge in [0.2, 0.25) is 0 Å². The molecule has 1 aromatic carbocycles. The highest BCUT2D eigenvalue weighted by Gasteiger charge is 2.13. The predicted molar refractivity (Wildman–Crippen MR) is 98.2 cm³/mol. The molecule has 5 nitrogen and oxygen atoms in total. The maximum atomic E-state index is 11.8. The fraction of sp³-hybridized carbons (Fsp3) is 0.650. The van der Waals surface area contributed by atoms with Crippen LogP contribution in [0.15, 0.2) is 18.2 Å². The monoisotopic (exact) mass is 346 g/mol. The first-order chi connectivity index (χ1) is 12.3. The third-order valence-electron chi connectivity index (χ3n) is 5.00.